The summed E-state index contributed by atoms with van der Waals surface area (Å²) >= 11 is 4.08. The minimum atomic E-state index is -5.56. The van der Waals surface area contributed by atoms with Gasteiger partial charge in [0.05, 0.1) is 0 Å². The molecule has 0 spiro atoms. The van der Waals surface area contributed by atoms with Gasteiger partial charge in [-0.3, -0.25) is 0 Å². The van der Waals surface area contributed by atoms with Gasteiger partial charge in [-0.1, -0.05) is 0 Å². The summed E-state index contributed by atoms with van der Waals surface area (Å²) in [6.45, 7) is 0. The van der Waals surface area contributed by atoms with Crippen molar-refractivity contribution in [3.8, 4) is 0 Å². The molecule has 0 unspecified atom stereocenters. The number of halogens is 17. The highest BCUT2D eigenvalue weighted by Crippen LogP contribution is 2.29. The zero-order valence-corrected chi connectivity index (χ0v) is 11.8. The Morgan fingerprint density at radius 3 is 0.808 bits per heavy atom. The molecule has 0 aromatic heterocycles. The van der Waals surface area contributed by atoms with Gasteiger partial charge in [-0.25, -0.2) is 4.39 Å². The topological polar surface area (TPSA) is 0 Å². The molecule has 0 heterocycles. The van der Waals surface area contributed by atoms with Crippen molar-refractivity contribution in [2.24, 2.45) is 0 Å². The van der Waals surface area contributed by atoms with Crippen LogP contribution in [0.15, 0.2) is 47.8 Å². The van der Waals surface area contributed by atoms with E-state index in [0.717, 1.165) is 0 Å². The van der Waals surface area contributed by atoms with E-state index in [0.29, 0.717) is 0 Å². The fraction of sp³-hybridized carbons (Fsp3) is 0.111. The molecule has 156 valence electrons. The number of allylic oxidation sites excluding steroid dienone is 1. The Morgan fingerprint density at radius 2 is 0.808 bits per heavy atom. The molecule has 0 atom stereocenters. The molecule has 0 rings (SSSR count). The fourth-order valence-electron chi connectivity index (χ4n) is 0.107. The zero-order valence-electron chi connectivity index (χ0n) is 11.0. The third-order valence-electron chi connectivity index (χ3n) is 0.783. The summed E-state index contributed by atoms with van der Waals surface area (Å²) in [6.07, 6.45) is -20.2. The minimum Gasteiger partial charge on any atom is -0.210 e. The van der Waals surface area contributed by atoms with Gasteiger partial charge in [-0.2, -0.15) is 65.9 Å². The van der Waals surface area contributed by atoms with E-state index in [9.17, 15) is 70.2 Å². The smallest absolute Gasteiger partial charge is 0.210 e. The predicted octanol–water partition coefficient (Wildman–Crippen LogP) is 8.57. The van der Waals surface area contributed by atoms with Crippen LogP contribution in [0.1, 0.15) is 0 Å². The standard InChI is InChI=1S/C3F6.C2ClF3.C2F4.C2HF3/c4-1(2(5)6)3(7,8)9;2*3-1(4)2(5)6;3-1-2(4)5/h;;;1H. The van der Waals surface area contributed by atoms with Gasteiger partial charge >= 0.3 is 30.5 Å². The average Bonchev–Trinajstić information content (AvgIpc) is 2.46. The van der Waals surface area contributed by atoms with Gasteiger partial charge in [0.2, 0.25) is 0 Å². The molecule has 0 nitrogen and oxygen atoms in total. The number of alkyl halides is 3. The van der Waals surface area contributed by atoms with Crippen LogP contribution < -0.4 is 0 Å². The largest absolute Gasteiger partial charge is 0.448 e. The Kier molecular flexibility index (Phi) is 20.3. The molecule has 0 bridgehead atoms. The summed E-state index contributed by atoms with van der Waals surface area (Å²) in [5.41, 5.74) is 0. The van der Waals surface area contributed by atoms with E-state index in [1.807, 2.05) is 0 Å². The van der Waals surface area contributed by atoms with Crippen LogP contribution in [0.5, 0.6) is 0 Å². The highest BCUT2D eigenvalue weighted by atomic mass is 35.5. The van der Waals surface area contributed by atoms with E-state index in [1.165, 1.54) is 0 Å². The fourth-order valence-corrected chi connectivity index (χ4v) is 0.107. The summed E-state index contributed by atoms with van der Waals surface area (Å²) in [4.78, 5) is 0. The molecule has 0 aliphatic rings. The quantitative estimate of drug-likeness (QED) is 0.326. The van der Waals surface area contributed by atoms with Crippen LogP contribution in [0.2, 0.25) is 0 Å². The summed E-state index contributed by atoms with van der Waals surface area (Å²) in [7, 11) is 0. The van der Waals surface area contributed by atoms with Crippen LogP contribution in [0, 0.1) is 0 Å². The monoisotopic (exact) mass is 448 g/mol. The second-order valence-corrected chi connectivity index (χ2v) is 2.84. The van der Waals surface area contributed by atoms with Gasteiger partial charge in [-0.05, 0) is 11.6 Å². The Bertz CT molecular complexity index is 446. The van der Waals surface area contributed by atoms with Crippen molar-refractivity contribution in [3.63, 3.8) is 0 Å². The third kappa shape index (κ3) is 30.1. The van der Waals surface area contributed by atoms with Gasteiger partial charge in [-0.15, -0.1) is 0 Å². The summed E-state index contributed by atoms with van der Waals surface area (Å²) in [5.74, 6) is -3.33. The van der Waals surface area contributed by atoms with Gasteiger partial charge in [0.1, 0.15) is 0 Å². The summed E-state index contributed by atoms with van der Waals surface area (Å²) in [6, 6.07) is 0. The lowest BCUT2D eigenvalue weighted by molar-refractivity contribution is -0.113. The Labute approximate surface area is 137 Å². The van der Waals surface area contributed by atoms with Crippen LogP contribution in [0.25, 0.3) is 0 Å². The van der Waals surface area contributed by atoms with Gasteiger partial charge in [0.15, 0.2) is 6.33 Å². The van der Waals surface area contributed by atoms with Crippen molar-refractivity contribution >= 4 is 11.6 Å². The molecule has 0 fully saturated rings. The second kappa shape index (κ2) is 16.6. The predicted molar refractivity (Wildman–Crippen MR) is 55.5 cm³/mol. The lowest BCUT2D eigenvalue weighted by Gasteiger charge is -1.98. The highest BCUT2D eigenvalue weighted by Gasteiger charge is 2.38. The lowest BCUT2D eigenvalue weighted by Crippen LogP contribution is -2.08. The van der Waals surface area contributed by atoms with Crippen molar-refractivity contribution in [1.29, 1.82) is 0 Å². The third-order valence-corrected chi connectivity index (χ3v) is 0.926. The lowest BCUT2D eigenvalue weighted by atomic mass is 10.6. The normalized spacial score (nSPS) is 8.96. The van der Waals surface area contributed by atoms with Crippen molar-refractivity contribution in [1.82, 2.24) is 0 Å². The molecule has 0 N–H and O–H groups in total. The molecule has 0 aromatic rings. The molecule has 0 aromatic carbocycles. The molecule has 0 radical (unpaired) electrons. The first-order valence-electron chi connectivity index (χ1n) is 4.53. The highest BCUT2D eigenvalue weighted by molar-refractivity contribution is 6.28. The molecule has 0 saturated heterocycles. The molecule has 0 amide bonds. The molecule has 17 heteroatoms. The van der Waals surface area contributed by atoms with E-state index in [-0.39, 0.29) is 0 Å². The van der Waals surface area contributed by atoms with E-state index < -0.39 is 54.0 Å². The van der Waals surface area contributed by atoms with Crippen LogP contribution in [-0.4, -0.2) is 6.18 Å². The minimum absolute atomic E-state index is 0.750. The van der Waals surface area contributed by atoms with Crippen molar-refractivity contribution in [2.45, 2.75) is 6.18 Å². The average molecular weight is 449 g/mol. The summed E-state index contributed by atoms with van der Waals surface area (Å²) < 4.78 is 168. The van der Waals surface area contributed by atoms with E-state index in [4.69, 9.17) is 0 Å². The summed E-state index contributed by atoms with van der Waals surface area (Å²) in [5, 5.41) is -1.94. The van der Waals surface area contributed by atoms with Crippen LogP contribution >= 0.6 is 11.6 Å². The van der Waals surface area contributed by atoms with E-state index in [1.54, 1.807) is 0 Å². The number of rotatable bonds is 0. The van der Waals surface area contributed by atoms with Crippen molar-refractivity contribution < 1.29 is 70.2 Å². The molecular formula is C9HClF16. The molecule has 0 saturated carbocycles. The van der Waals surface area contributed by atoms with Crippen molar-refractivity contribution in [3.05, 3.63) is 47.8 Å². The molecule has 26 heavy (non-hydrogen) atoms. The van der Waals surface area contributed by atoms with Gasteiger partial charge in [0.25, 0.3) is 17.2 Å². The zero-order chi connectivity index (χ0) is 22.2. The first-order valence-corrected chi connectivity index (χ1v) is 4.91. The van der Waals surface area contributed by atoms with Gasteiger partial charge < -0.3 is 0 Å². The molecular weight excluding hydrogens is 448 g/mol. The van der Waals surface area contributed by atoms with Crippen LogP contribution in [0.3, 0.4) is 0 Å². The number of hydrogen-bond acceptors (Lipinski definition) is 0. The SMILES string of the molecule is FC(F)=C(F)C(F)(F)F.FC(F)=C(F)Cl.FC(F)=C(F)F.FC=C(F)F. The Balaban J connectivity index is -0.000000128. The Morgan fingerprint density at radius 1 is 0.577 bits per heavy atom. The Hall–Kier alpha value is -1.87. The first-order chi connectivity index (χ1) is 11.4. The second-order valence-electron chi connectivity index (χ2n) is 2.51. The maximum absolute atomic E-state index is 11.0. The van der Waals surface area contributed by atoms with Crippen molar-refractivity contribution in [2.75, 3.05) is 0 Å². The van der Waals surface area contributed by atoms with Crippen LogP contribution in [-0.2, 0) is 0 Å². The maximum atomic E-state index is 11.0. The first kappa shape index (κ1) is 31.9. The molecule has 0 aliphatic carbocycles. The van der Waals surface area contributed by atoms with E-state index in [2.05, 4.69) is 11.6 Å². The maximum Gasteiger partial charge on any atom is 0.448 e. The number of hydrogen-bond donors (Lipinski definition) is 0. The molecule has 0 aliphatic heterocycles. The van der Waals surface area contributed by atoms with Crippen LogP contribution in [0.4, 0.5) is 70.2 Å². The van der Waals surface area contributed by atoms with E-state index >= 15 is 0 Å². The van der Waals surface area contributed by atoms with Gasteiger partial charge in [0, 0.05) is 0 Å².